The second kappa shape index (κ2) is 7.90. The molecular formula is C16H27N3O3S. The second-order valence-corrected chi connectivity index (χ2v) is 7.55. The normalized spacial score (nSPS) is 13.6. The van der Waals surface area contributed by atoms with Crippen molar-refractivity contribution in [2.45, 2.75) is 44.6 Å². The smallest absolute Gasteiger partial charge is 0.240 e. The zero-order chi connectivity index (χ0) is 17.7. The molecule has 7 heteroatoms. The van der Waals surface area contributed by atoms with Crippen LogP contribution >= 0.6 is 0 Å². The number of nitrogens with one attached hydrogen (secondary N) is 2. The van der Waals surface area contributed by atoms with Crippen molar-refractivity contribution in [1.29, 1.82) is 0 Å². The molecule has 0 spiro atoms. The average Bonchev–Trinajstić information content (AvgIpc) is 2.57. The number of nitrogens with two attached hydrogens (primary N) is 1. The lowest BCUT2D eigenvalue weighted by atomic mass is 9.81. The highest BCUT2D eigenvalue weighted by Crippen LogP contribution is 2.27. The van der Waals surface area contributed by atoms with E-state index in [4.69, 9.17) is 5.73 Å². The maximum atomic E-state index is 12.6. The quantitative estimate of drug-likeness (QED) is 0.667. The van der Waals surface area contributed by atoms with Gasteiger partial charge in [-0.1, -0.05) is 26.0 Å². The largest absolute Gasteiger partial charge is 0.349 e. The Hall–Kier alpha value is -1.44. The van der Waals surface area contributed by atoms with Gasteiger partial charge in [0.1, 0.15) is 0 Å². The Kier molecular flexibility index (Phi) is 6.73. The first kappa shape index (κ1) is 19.6. The topological polar surface area (TPSA) is 101 Å². The van der Waals surface area contributed by atoms with E-state index in [2.05, 4.69) is 10.0 Å². The predicted octanol–water partition coefficient (Wildman–Crippen LogP) is 1.54. The Balaban J connectivity index is 3.01. The molecule has 0 fully saturated rings. The highest BCUT2D eigenvalue weighted by atomic mass is 32.2. The molecule has 1 amide bonds. The van der Waals surface area contributed by atoms with E-state index >= 15 is 0 Å². The third-order valence-electron chi connectivity index (χ3n) is 4.51. The molecule has 1 aromatic rings. The molecule has 0 aliphatic carbocycles. The Bertz CT molecular complexity index is 631. The Morgan fingerprint density at radius 1 is 1.30 bits per heavy atom. The van der Waals surface area contributed by atoms with Gasteiger partial charge in [0.2, 0.25) is 15.9 Å². The fourth-order valence-electron chi connectivity index (χ4n) is 2.45. The van der Waals surface area contributed by atoms with Crippen LogP contribution in [0.4, 0.5) is 0 Å². The van der Waals surface area contributed by atoms with Crippen LogP contribution in [0.3, 0.4) is 0 Å². The fourth-order valence-corrected chi connectivity index (χ4v) is 3.24. The van der Waals surface area contributed by atoms with Gasteiger partial charge < -0.3 is 11.1 Å². The summed E-state index contributed by atoms with van der Waals surface area (Å²) in [7, 11) is -2.14. The molecule has 0 radical (unpaired) electrons. The highest BCUT2D eigenvalue weighted by molar-refractivity contribution is 7.89. The summed E-state index contributed by atoms with van der Waals surface area (Å²) in [6.45, 7) is 6.00. The molecule has 1 unspecified atom stereocenters. The van der Waals surface area contributed by atoms with Gasteiger partial charge in [-0.2, -0.15) is 0 Å². The maximum Gasteiger partial charge on any atom is 0.240 e. The molecule has 0 saturated carbocycles. The van der Waals surface area contributed by atoms with E-state index in [0.717, 1.165) is 5.56 Å². The number of carbonyl (C=O) groups is 1. The summed E-state index contributed by atoms with van der Waals surface area (Å²) in [6.07, 6.45) is 1.32. The average molecular weight is 341 g/mol. The molecule has 4 N–H and O–H groups in total. The lowest BCUT2D eigenvalue weighted by Gasteiger charge is -2.30. The van der Waals surface area contributed by atoms with E-state index in [-0.39, 0.29) is 23.4 Å². The van der Waals surface area contributed by atoms with Gasteiger partial charge in [-0.05, 0) is 44.5 Å². The standard InChI is InChI=1S/C16H27N3O3S/c1-5-16(6-2,11-17)15(20)19-12(3)13-8-7-9-14(10-13)23(21,22)18-4/h7-10,12,18H,5-6,11,17H2,1-4H3,(H,19,20). The summed E-state index contributed by atoms with van der Waals surface area (Å²) in [4.78, 5) is 12.7. The van der Waals surface area contributed by atoms with Crippen LogP contribution in [0.5, 0.6) is 0 Å². The minimum Gasteiger partial charge on any atom is -0.349 e. The molecule has 130 valence electrons. The van der Waals surface area contributed by atoms with Gasteiger partial charge in [0.25, 0.3) is 0 Å². The molecule has 0 saturated heterocycles. The summed E-state index contributed by atoms with van der Waals surface area (Å²) in [5.74, 6) is -0.0978. The van der Waals surface area contributed by atoms with Gasteiger partial charge in [0.05, 0.1) is 16.4 Å². The summed E-state index contributed by atoms with van der Waals surface area (Å²) in [5, 5.41) is 2.95. The molecule has 0 heterocycles. The van der Waals surface area contributed by atoms with Crippen molar-refractivity contribution in [3.63, 3.8) is 0 Å². The van der Waals surface area contributed by atoms with Crippen LogP contribution in [-0.4, -0.2) is 27.9 Å². The summed E-state index contributed by atoms with van der Waals surface area (Å²) in [6, 6.07) is 6.24. The SMILES string of the molecule is CCC(CC)(CN)C(=O)NC(C)c1cccc(S(=O)(=O)NC)c1. The molecule has 23 heavy (non-hydrogen) atoms. The first-order valence-electron chi connectivity index (χ1n) is 7.80. The zero-order valence-corrected chi connectivity index (χ0v) is 15.0. The van der Waals surface area contributed by atoms with Gasteiger partial charge in [-0.3, -0.25) is 4.79 Å². The lowest BCUT2D eigenvalue weighted by Crippen LogP contribution is -2.46. The number of rotatable bonds is 8. The van der Waals surface area contributed by atoms with E-state index < -0.39 is 15.4 Å². The number of sulfonamides is 1. The first-order chi connectivity index (χ1) is 10.8. The number of amides is 1. The second-order valence-electron chi connectivity index (χ2n) is 5.67. The van der Waals surface area contributed by atoms with Crippen molar-refractivity contribution in [3.05, 3.63) is 29.8 Å². The van der Waals surface area contributed by atoms with Gasteiger partial charge in [-0.25, -0.2) is 13.1 Å². The van der Waals surface area contributed by atoms with Gasteiger partial charge in [0, 0.05) is 6.54 Å². The van der Waals surface area contributed by atoms with Crippen molar-refractivity contribution in [1.82, 2.24) is 10.0 Å². The molecule has 0 aliphatic heterocycles. The summed E-state index contributed by atoms with van der Waals surface area (Å²) in [5.41, 5.74) is 5.94. The van der Waals surface area contributed by atoms with E-state index in [0.29, 0.717) is 12.8 Å². The molecule has 1 atom stereocenters. The van der Waals surface area contributed by atoms with Gasteiger partial charge in [0.15, 0.2) is 0 Å². The number of hydrogen-bond acceptors (Lipinski definition) is 4. The molecule has 0 aliphatic rings. The van der Waals surface area contributed by atoms with E-state index in [1.807, 2.05) is 20.8 Å². The van der Waals surface area contributed by atoms with Crippen LogP contribution in [0.2, 0.25) is 0 Å². The number of benzene rings is 1. The van der Waals surface area contributed by atoms with E-state index in [9.17, 15) is 13.2 Å². The summed E-state index contributed by atoms with van der Waals surface area (Å²) >= 11 is 0. The molecule has 1 aromatic carbocycles. The van der Waals surface area contributed by atoms with Crippen molar-refractivity contribution in [2.24, 2.45) is 11.1 Å². The van der Waals surface area contributed by atoms with E-state index in [1.165, 1.54) is 13.1 Å². The van der Waals surface area contributed by atoms with Crippen LogP contribution in [0, 0.1) is 5.41 Å². The molecule has 6 nitrogen and oxygen atoms in total. The van der Waals surface area contributed by atoms with Crippen molar-refractivity contribution < 1.29 is 13.2 Å². The molecule has 1 rings (SSSR count). The van der Waals surface area contributed by atoms with Crippen molar-refractivity contribution in [3.8, 4) is 0 Å². The lowest BCUT2D eigenvalue weighted by molar-refractivity contribution is -0.131. The predicted molar refractivity (Wildman–Crippen MR) is 91.3 cm³/mol. The van der Waals surface area contributed by atoms with Crippen molar-refractivity contribution in [2.75, 3.05) is 13.6 Å². The highest BCUT2D eigenvalue weighted by Gasteiger charge is 2.34. The molecule has 0 bridgehead atoms. The third-order valence-corrected chi connectivity index (χ3v) is 5.92. The monoisotopic (exact) mass is 341 g/mol. The number of hydrogen-bond donors (Lipinski definition) is 3. The Morgan fingerprint density at radius 2 is 1.91 bits per heavy atom. The minimum absolute atomic E-state index is 0.0978. The molecular weight excluding hydrogens is 314 g/mol. The minimum atomic E-state index is -3.51. The van der Waals surface area contributed by atoms with Crippen molar-refractivity contribution >= 4 is 15.9 Å². The summed E-state index contributed by atoms with van der Waals surface area (Å²) < 4.78 is 26.0. The first-order valence-corrected chi connectivity index (χ1v) is 9.29. The van der Waals surface area contributed by atoms with Crippen LogP contribution in [0.15, 0.2) is 29.2 Å². The maximum absolute atomic E-state index is 12.6. The Labute approximate surface area is 138 Å². The molecule has 0 aromatic heterocycles. The van der Waals surface area contributed by atoms with E-state index in [1.54, 1.807) is 18.2 Å². The van der Waals surface area contributed by atoms with Gasteiger partial charge in [-0.15, -0.1) is 0 Å². The van der Waals surface area contributed by atoms with Gasteiger partial charge >= 0.3 is 0 Å². The Morgan fingerprint density at radius 3 is 2.39 bits per heavy atom. The van der Waals surface area contributed by atoms with Crippen LogP contribution in [0.25, 0.3) is 0 Å². The number of carbonyl (C=O) groups excluding carboxylic acids is 1. The van der Waals surface area contributed by atoms with Crippen LogP contribution in [-0.2, 0) is 14.8 Å². The van der Waals surface area contributed by atoms with Crippen LogP contribution in [0.1, 0.15) is 45.2 Å². The third kappa shape index (κ3) is 4.31. The zero-order valence-electron chi connectivity index (χ0n) is 14.2. The fraction of sp³-hybridized carbons (Fsp3) is 0.562. The van der Waals surface area contributed by atoms with Crippen LogP contribution < -0.4 is 15.8 Å².